The molecule has 0 radical (unpaired) electrons. The molecule has 0 unspecified atom stereocenters. The van der Waals surface area contributed by atoms with Crippen LogP contribution in [0, 0.1) is 0 Å². The summed E-state index contributed by atoms with van der Waals surface area (Å²) >= 11 is 12.1. The van der Waals surface area contributed by atoms with Crippen LogP contribution in [0.5, 0.6) is 5.75 Å². The largest absolute Gasteiger partial charge is 0.494 e. The van der Waals surface area contributed by atoms with Gasteiger partial charge in [0.25, 0.3) is 0 Å². The zero-order chi connectivity index (χ0) is 17.4. The van der Waals surface area contributed by atoms with Crippen molar-refractivity contribution >= 4 is 40.7 Å². The Hall–Kier alpha value is -1.55. The van der Waals surface area contributed by atoms with Crippen LogP contribution in [0.1, 0.15) is 22.3 Å². The molecule has 5 heteroatoms. The average molecular weight is 379 g/mol. The number of ketones is 1. The number of ether oxygens (including phenoxy) is 1. The van der Waals surface area contributed by atoms with Crippen molar-refractivity contribution in [1.82, 2.24) is 0 Å². The molecule has 2 aromatic carbocycles. The van der Waals surface area contributed by atoms with Gasteiger partial charge in [0, 0.05) is 5.56 Å². The highest BCUT2D eigenvalue weighted by atomic mass is 35.7. The molecule has 0 heterocycles. The predicted molar refractivity (Wildman–Crippen MR) is 104 cm³/mol. The van der Waals surface area contributed by atoms with E-state index >= 15 is 0 Å². The first-order chi connectivity index (χ1) is 11.4. The molecule has 2 aromatic rings. The fourth-order valence-corrected chi connectivity index (χ4v) is 3.69. The minimum absolute atomic E-state index is 0.00899. The maximum absolute atomic E-state index is 12.0. The van der Waals surface area contributed by atoms with Crippen molar-refractivity contribution in [2.24, 2.45) is 0 Å². The third-order valence-corrected chi connectivity index (χ3v) is 5.76. The summed E-state index contributed by atoms with van der Waals surface area (Å²) in [5, 5.41) is 0. The Labute approximate surface area is 153 Å². The Balaban J connectivity index is 1.83. The summed E-state index contributed by atoms with van der Waals surface area (Å²) < 4.78 is 5.67. The van der Waals surface area contributed by atoms with Gasteiger partial charge in [-0.05, 0) is 42.8 Å². The third kappa shape index (κ3) is 6.91. The fraction of sp³-hybridized carbons (Fsp3) is 0.211. The van der Waals surface area contributed by atoms with E-state index in [0.717, 1.165) is 23.8 Å². The normalized spacial score (nSPS) is 11.6. The van der Waals surface area contributed by atoms with Gasteiger partial charge in [-0.3, -0.25) is 4.79 Å². The second-order valence-electron chi connectivity index (χ2n) is 5.65. The molecular formula is C19H20Cl2O2Si. The van der Waals surface area contributed by atoms with E-state index in [1.165, 1.54) is 0 Å². The molecule has 0 spiro atoms. The molecule has 24 heavy (non-hydrogen) atoms. The second kappa shape index (κ2) is 9.07. The van der Waals surface area contributed by atoms with E-state index in [-0.39, 0.29) is 5.78 Å². The standard InChI is InChI=1S/C19H20Cl2O2Si/c1-24(20,21)15-5-14-23-18-11-8-16(9-12-18)10-13-19(22)17-6-3-2-4-7-17/h2-4,6-13H,5,14-15H2,1H3. The van der Waals surface area contributed by atoms with E-state index in [1.807, 2.05) is 49.0 Å². The lowest BCUT2D eigenvalue weighted by Gasteiger charge is -2.10. The van der Waals surface area contributed by atoms with Gasteiger partial charge in [0.1, 0.15) is 5.75 Å². The zero-order valence-corrected chi connectivity index (χ0v) is 16.1. The van der Waals surface area contributed by atoms with E-state index in [9.17, 15) is 4.79 Å². The molecule has 0 saturated heterocycles. The minimum Gasteiger partial charge on any atom is -0.494 e. The van der Waals surface area contributed by atoms with Crippen LogP contribution in [0.15, 0.2) is 60.7 Å². The van der Waals surface area contributed by atoms with Gasteiger partial charge in [0.2, 0.25) is 6.69 Å². The van der Waals surface area contributed by atoms with Crippen molar-refractivity contribution in [3.05, 3.63) is 71.8 Å². The van der Waals surface area contributed by atoms with Gasteiger partial charge in [-0.1, -0.05) is 48.5 Å². The molecule has 0 atom stereocenters. The summed E-state index contributed by atoms with van der Waals surface area (Å²) in [6.45, 7) is 0.481. The van der Waals surface area contributed by atoms with Crippen LogP contribution in [-0.4, -0.2) is 19.1 Å². The maximum atomic E-state index is 12.0. The lowest BCUT2D eigenvalue weighted by molar-refractivity contribution is 0.104. The molecule has 0 N–H and O–H groups in total. The van der Waals surface area contributed by atoms with Gasteiger partial charge < -0.3 is 4.74 Å². The lowest BCUT2D eigenvalue weighted by Crippen LogP contribution is -2.13. The summed E-state index contributed by atoms with van der Waals surface area (Å²) in [6.07, 6.45) is 4.23. The molecule has 0 amide bonds. The van der Waals surface area contributed by atoms with Crippen molar-refractivity contribution < 1.29 is 9.53 Å². The molecule has 0 aliphatic rings. The summed E-state index contributed by atoms with van der Waals surface area (Å²) in [5.41, 5.74) is 1.64. The number of hydrogen-bond acceptors (Lipinski definition) is 2. The van der Waals surface area contributed by atoms with Gasteiger partial charge in [-0.15, -0.1) is 22.2 Å². The molecular weight excluding hydrogens is 359 g/mol. The van der Waals surface area contributed by atoms with Crippen LogP contribution in [0.3, 0.4) is 0 Å². The number of allylic oxidation sites excluding steroid dienone is 1. The number of hydrogen-bond donors (Lipinski definition) is 0. The molecule has 0 fully saturated rings. The van der Waals surface area contributed by atoms with Crippen LogP contribution in [0.25, 0.3) is 6.08 Å². The SMILES string of the molecule is C[Si](Cl)(Cl)CCCOc1ccc(C=CC(=O)c2ccccc2)cc1. The Kier molecular flexibility index (Phi) is 7.10. The second-order valence-corrected chi connectivity index (χ2v) is 13.9. The highest BCUT2D eigenvalue weighted by molar-refractivity contribution is 7.44. The highest BCUT2D eigenvalue weighted by Crippen LogP contribution is 2.22. The molecule has 0 saturated carbocycles. The number of rotatable bonds is 8. The van der Waals surface area contributed by atoms with Crippen LogP contribution in [0.2, 0.25) is 12.6 Å². The quantitative estimate of drug-likeness (QED) is 0.188. The minimum atomic E-state index is -2.03. The van der Waals surface area contributed by atoms with Gasteiger partial charge in [-0.25, -0.2) is 0 Å². The van der Waals surface area contributed by atoms with E-state index < -0.39 is 6.69 Å². The monoisotopic (exact) mass is 378 g/mol. The summed E-state index contributed by atoms with van der Waals surface area (Å²) in [4.78, 5) is 12.0. The third-order valence-electron chi connectivity index (χ3n) is 3.39. The first kappa shape index (κ1) is 18.8. The van der Waals surface area contributed by atoms with Crippen molar-refractivity contribution in [3.63, 3.8) is 0 Å². The van der Waals surface area contributed by atoms with Crippen molar-refractivity contribution in [1.29, 1.82) is 0 Å². The molecule has 0 aliphatic heterocycles. The number of carbonyl (C=O) groups is 1. The first-order valence-corrected chi connectivity index (χ1v) is 12.6. The van der Waals surface area contributed by atoms with E-state index in [0.29, 0.717) is 12.2 Å². The molecule has 2 nitrogen and oxygen atoms in total. The number of benzene rings is 2. The van der Waals surface area contributed by atoms with E-state index in [4.69, 9.17) is 26.9 Å². The van der Waals surface area contributed by atoms with Crippen LogP contribution in [-0.2, 0) is 0 Å². The average Bonchev–Trinajstić information content (AvgIpc) is 2.57. The van der Waals surface area contributed by atoms with Gasteiger partial charge >= 0.3 is 0 Å². The molecule has 126 valence electrons. The molecule has 0 aliphatic carbocycles. The predicted octanol–water partition coefficient (Wildman–Crippen LogP) is 5.90. The summed E-state index contributed by atoms with van der Waals surface area (Å²) in [5.74, 6) is 0.791. The topological polar surface area (TPSA) is 26.3 Å². The van der Waals surface area contributed by atoms with Crippen molar-refractivity contribution in [2.45, 2.75) is 19.0 Å². The Morgan fingerprint density at radius 2 is 1.75 bits per heavy atom. The van der Waals surface area contributed by atoms with Gasteiger partial charge in [0.15, 0.2) is 5.78 Å². The van der Waals surface area contributed by atoms with Crippen LogP contribution >= 0.6 is 22.2 Å². The van der Waals surface area contributed by atoms with E-state index in [1.54, 1.807) is 24.3 Å². The molecule has 2 rings (SSSR count). The summed E-state index contributed by atoms with van der Waals surface area (Å²) in [7, 11) is 0. The maximum Gasteiger partial charge on any atom is 0.248 e. The van der Waals surface area contributed by atoms with E-state index in [2.05, 4.69) is 0 Å². The first-order valence-electron chi connectivity index (χ1n) is 7.82. The number of carbonyl (C=O) groups excluding carboxylic acids is 1. The Morgan fingerprint density at radius 1 is 1.08 bits per heavy atom. The Bertz CT molecular complexity index is 677. The molecule has 0 bridgehead atoms. The van der Waals surface area contributed by atoms with Crippen molar-refractivity contribution in [2.75, 3.05) is 6.61 Å². The van der Waals surface area contributed by atoms with Gasteiger partial charge in [-0.2, -0.15) is 0 Å². The highest BCUT2D eigenvalue weighted by Gasteiger charge is 2.19. The van der Waals surface area contributed by atoms with Crippen LogP contribution < -0.4 is 4.74 Å². The fourth-order valence-electron chi connectivity index (χ4n) is 2.12. The van der Waals surface area contributed by atoms with Crippen molar-refractivity contribution in [3.8, 4) is 5.75 Å². The van der Waals surface area contributed by atoms with Crippen LogP contribution in [0.4, 0.5) is 0 Å². The summed E-state index contributed by atoms with van der Waals surface area (Å²) in [6, 6.07) is 17.7. The van der Waals surface area contributed by atoms with Gasteiger partial charge in [0.05, 0.1) is 6.61 Å². The Morgan fingerprint density at radius 3 is 2.38 bits per heavy atom. The zero-order valence-electron chi connectivity index (χ0n) is 13.5. The smallest absolute Gasteiger partial charge is 0.248 e. The lowest BCUT2D eigenvalue weighted by atomic mass is 10.1. The molecule has 0 aromatic heterocycles. The number of halogens is 2.